The monoisotopic (exact) mass is 462 g/mol. The highest BCUT2D eigenvalue weighted by Crippen LogP contribution is 2.41. The van der Waals surface area contributed by atoms with Crippen molar-refractivity contribution in [2.45, 2.75) is 44.9 Å². The molecule has 1 amide bonds. The summed E-state index contributed by atoms with van der Waals surface area (Å²) in [6, 6.07) is 11.9. The summed E-state index contributed by atoms with van der Waals surface area (Å²) in [6.45, 7) is 5.62. The van der Waals surface area contributed by atoms with Crippen molar-refractivity contribution in [3.63, 3.8) is 0 Å². The zero-order chi connectivity index (χ0) is 23.7. The quantitative estimate of drug-likeness (QED) is 0.679. The summed E-state index contributed by atoms with van der Waals surface area (Å²) in [7, 11) is -0.277. The number of methoxy groups -OCH3 is 1. The molecule has 2 aromatic carbocycles. The lowest BCUT2D eigenvalue weighted by molar-refractivity contribution is -0.128. The number of nitrogens with one attached hydrogen (secondary N) is 1. The molecule has 9 heteroatoms. The van der Waals surface area contributed by atoms with Crippen molar-refractivity contribution in [3.8, 4) is 17.2 Å². The molecule has 1 heterocycles. The van der Waals surface area contributed by atoms with Gasteiger partial charge >= 0.3 is 0 Å². The molecule has 1 aliphatic heterocycles. The van der Waals surface area contributed by atoms with Crippen LogP contribution >= 0.6 is 0 Å². The predicted molar refractivity (Wildman–Crippen MR) is 123 cm³/mol. The summed E-state index contributed by atoms with van der Waals surface area (Å²) in [4.78, 5) is 12.9. The van der Waals surface area contributed by atoms with E-state index in [1.165, 1.54) is 11.4 Å². The van der Waals surface area contributed by atoms with Crippen molar-refractivity contribution < 1.29 is 27.4 Å². The maximum Gasteiger partial charge on any atom is 0.261 e. The van der Waals surface area contributed by atoms with Crippen LogP contribution in [0.3, 0.4) is 0 Å². The van der Waals surface area contributed by atoms with Gasteiger partial charge in [-0.3, -0.25) is 9.10 Å². The number of ether oxygens (including phenoxy) is 3. The Bertz CT molecular complexity index is 1080. The minimum absolute atomic E-state index is 0.232. The number of nitrogens with zero attached hydrogens (tertiary/aromatic N) is 1. The lowest BCUT2D eigenvalue weighted by Crippen LogP contribution is -2.44. The summed E-state index contributed by atoms with van der Waals surface area (Å²) >= 11 is 0. The van der Waals surface area contributed by atoms with Crippen LogP contribution in [0.15, 0.2) is 42.5 Å². The van der Waals surface area contributed by atoms with Gasteiger partial charge in [0, 0.05) is 25.1 Å². The molecule has 0 saturated heterocycles. The first-order chi connectivity index (χ1) is 14.9. The summed E-state index contributed by atoms with van der Waals surface area (Å²) < 4.78 is 41.7. The smallest absolute Gasteiger partial charge is 0.261 e. The second-order valence-corrected chi connectivity index (χ2v) is 10.5. The van der Waals surface area contributed by atoms with Gasteiger partial charge in [-0.2, -0.15) is 0 Å². The number of fused-ring (bicyclic) bond motifs is 1. The largest absolute Gasteiger partial charge is 0.497 e. The van der Waals surface area contributed by atoms with E-state index in [1.807, 2.05) is 32.0 Å². The lowest BCUT2D eigenvalue weighted by Gasteiger charge is -2.38. The van der Waals surface area contributed by atoms with E-state index < -0.39 is 21.7 Å². The van der Waals surface area contributed by atoms with E-state index in [2.05, 4.69) is 5.32 Å². The van der Waals surface area contributed by atoms with E-state index in [4.69, 9.17) is 14.2 Å². The van der Waals surface area contributed by atoms with Crippen LogP contribution in [-0.2, 0) is 14.8 Å². The highest BCUT2D eigenvalue weighted by Gasteiger charge is 2.35. The number of rotatable bonds is 7. The zero-order valence-electron chi connectivity index (χ0n) is 19.2. The highest BCUT2D eigenvalue weighted by atomic mass is 32.2. The van der Waals surface area contributed by atoms with E-state index in [1.54, 1.807) is 38.3 Å². The number of amides is 1. The summed E-state index contributed by atoms with van der Waals surface area (Å²) in [6.07, 6.45) is 0.994. The van der Waals surface area contributed by atoms with Gasteiger partial charge in [-0.1, -0.05) is 0 Å². The first-order valence-corrected chi connectivity index (χ1v) is 12.1. The van der Waals surface area contributed by atoms with Gasteiger partial charge in [0.05, 0.1) is 25.1 Å². The van der Waals surface area contributed by atoms with Gasteiger partial charge in [0.2, 0.25) is 10.0 Å². The van der Waals surface area contributed by atoms with Crippen molar-refractivity contribution >= 4 is 21.6 Å². The second kappa shape index (κ2) is 8.90. The average Bonchev–Trinajstić information content (AvgIpc) is 2.71. The van der Waals surface area contributed by atoms with E-state index in [0.29, 0.717) is 29.4 Å². The number of carbonyl (C=O) groups is 1. The first-order valence-electron chi connectivity index (χ1n) is 10.3. The fraction of sp³-hybridized carbons (Fsp3) is 0.435. The standard InChI is InChI=1S/C23H30N2O6S/c1-15(30-17-9-7-16(8-10-17)25(4)32(6,27)28)22(26)24-20-14-23(2,3)31-21-13-18(29-5)11-12-19(20)21/h7-13,15,20H,14H2,1-6H3,(H,24,26)/t15-,20-/m0/s1. The van der Waals surface area contributed by atoms with E-state index in [0.717, 1.165) is 11.8 Å². The maximum absolute atomic E-state index is 12.9. The number of hydrogen-bond acceptors (Lipinski definition) is 6. The summed E-state index contributed by atoms with van der Waals surface area (Å²) in [5.41, 5.74) is 0.940. The number of carbonyl (C=O) groups excluding carboxylic acids is 1. The van der Waals surface area contributed by atoms with Gasteiger partial charge in [-0.05, 0) is 57.2 Å². The van der Waals surface area contributed by atoms with Gasteiger partial charge in [0.15, 0.2) is 6.10 Å². The third kappa shape index (κ3) is 5.45. The molecule has 1 N–H and O–H groups in total. The SMILES string of the molecule is COc1ccc2c(c1)OC(C)(C)C[C@@H]2NC(=O)[C@H](C)Oc1ccc(N(C)S(C)(=O)=O)cc1. The Kier molecular flexibility index (Phi) is 6.59. The van der Waals surface area contributed by atoms with E-state index in [-0.39, 0.29) is 11.9 Å². The molecular formula is C23H30N2O6S. The van der Waals surface area contributed by atoms with Crippen LogP contribution in [0.2, 0.25) is 0 Å². The minimum atomic E-state index is -3.35. The number of anilines is 1. The Morgan fingerprint density at radius 2 is 1.81 bits per heavy atom. The molecule has 0 fully saturated rings. The number of hydrogen-bond donors (Lipinski definition) is 1. The number of benzene rings is 2. The fourth-order valence-corrected chi connectivity index (χ4v) is 4.07. The van der Waals surface area contributed by atoms with Crippen molar-refractivity contribution in [3.05, 3.63) is 48.0 Å². The number of sulfonamides is 1. The Balaban J connectivity index is 1.69. The average molecular weight is 463 g/mol. The molecule has 8 nitrogen and oxygen atoms in total. The van der Waals surface area contributed by atoms with Crippen molar-refractivity contribution in [2.75, 3.05) is 24.7 Å². The predicted octanol–water partition coefficient (Wildman–Crippen LogP) is 3.28. The Hall–Kier alpha value is -2.94. The van der Waals surface area contributed by atoms with Crippen LogP contribution in [0.5, 0.6) is 17.2 Å². The minimum Gasteiger partial charge on any atom is -0.497 e. The third-order valence-electron chi connectivity index (χ3n) is 5.37. The van der Waals surface area contributed by atoms with Crippen LogP contribution in [0, 0.1) is 0 Å². The van der Waals surface area contributed by atoms with Crippen molar-refractivity contribution in [1.29, 1.82) is 0 Å². The molecule has 0 aliphatic carbocycles. The first kappa shape index (κ1) is 23.7. The molecule has 174 valence electrons. The molecule has 1 aliphatic rings. The topological polar surface area (TPSA) is 94.2 Å². The maximum atomic E-state index is 12.9. The van der Waals surface area contributed by atoms with Crippen LogP contribution < -0.4 is 23.8 Å². The van der Waals surface area contributed by atoms with Gasteiger partial charge in [-0.15, -0.1) is 0 Å². The van der Waals surface area contributed by atoms with Crippen LogP contribution in [0.25, 0.3) is 0 Å². The van der Waals surface area contributed by atoms with Crippen LogP contribution in [-0.4, -0.2) is 46.4 Å². The molecule has 0 spiro atoms. The van der Waals surface area contributed by atoms with Crippen LogP contribution in [0.4, 0.5) is 5.69 Å². The van der Waals surface area contributed by atoms with Gasteiger partial charge in [-0.25, -0.2) is 8.42 Å². The Morgan fingerprint density at radius 1 is 1.19 bits per heavy atom. The van der Waals surface area contributed by atoms with Gasteiger partial charge in [0.1, 0.15) is 22.8 Å². The molecule has 0 aromatic heterocycles. The zero-order valence-corrected chi connectivity index (χ0v) is 20.0. The summed E-state index contributed by atoms with van der Waals surface area (Å²) in [5, 5.41) is 3.07. The third-order valence-corrected chi connectivity index (χ3v) is 6.58. The molecule has 0 radical (unpaired) electrons. The molecule has 32 heavy (non-hydrogen) atoms. The van der Waals surface area contributed by atoms with Crippen molar-refractivity contribution in [1.82, 2.24) is 5.32 Å². The van der Waals surface area contributed by atoms with Crippen LogP contribution in [0.1, 0.15) is 38.8 Å². The molecule has 3 rings (SSSR count). The molecule has 2 atom stereocenters. The lowest BCUT2D eigenvalue weighted by atomic mass is 9.89. The second-order valence-electron chi connectivity index (χ2n) is 8.52. The Morgan fingerprint density at radius 3 is 2.41 bits per heavy atom. The van der Waals surface area contributed by atoms with E-state index >= 15 is 0 Å². The van der Waals surface area contributed by atoms with Gasteiger partial charge < -0.3 is 19.5 Å². The van der Waals surface area contributed by atoms with E-state index in [9.17, 15) is 13.2 Å². The molecule has 0 bridgehead atoms. The summed E-state index contributed by atoms with van der Waals surface area (Å²) in [5.74, 6) is 1.58. The molecule has 2 aromatic rings. The molecule has 0 unspecified atom stereocenters. The fourth-order valence-electron chi connectivity index (χ4n) is 3.56. The molecular weight excluding hydrogens is 432 g/mol. The normalized spacial score (nSPS) is 18.0. The van der Waals surface area contributed by atoms with Crippen molar-refractivity contribution in [2.24, 2.45) is 0 Å². The Labute approximate surface area is 189 Å². The highest BCUT2D eigenvalue weighted by molar-refractivity contribution is 7.92. The molecule has 0 saturated carbocycles. The van der Waals surface area contributed by atoms with Gasteiger partial charge in [0.25, 0.3) is 5.91 Å².